The second kappa shape index (κ2) is 8.55. The van der Waals surface area contributed by atoms with E-state index in [1.807, 2.05) is 0 Å². The molecule has 0 N–H and O–H groups in total. The number of hydrogen-bond donors (Lipinski definition) is 0. The molecule has 3 rings (SSSR count). The number of amides is 1. The van der Waals surface area contributed by atoms with E-state index in [4.69, 9.17) is 5.26 Å². The van der Waals surface area contributed by atoms with Gasteiger partial charge < -0.3 is 4.90 Å². The van der Waals surface area contributed by atoms with E-state index in [0.717, 1.165) is 32.5 Å². The lowest BCUT2D eigenvalue weighted by atomic mass is 10.0. The van der Waals surface area contributed by atoms with E-state index in [-0.39, 0.29) is 5.91 Å². The van der Waals surface area contributed by atoms with Gasteiger partial charge in [0.15, 0.2) is 0 Å². The minimum Gasteiger partial charge on any atom is -0.337 e. The van der Waals surface area contributed by atoms with E-state index < -0.39 is 0 Å². The normalized spacial score (nSPS) is 24.2. The first-order valence-corrected chi connectivity index (χ1v) is 9.97. The van der Waals surface area contributed by atoms with Crippen LogP contribution in [0.3, 0.4) is 0 Å². The van der Waals surface area contributed by atoms with Crippen LogP contribution in [0.4, 0.5) is 0 Å². The monoisotopic (exact) mass is 343 g/mol. The fourth-order valence-electron chi connectivity index (χ4n) is 4.07. The van der Waals surface area contributed by atoms with Gasteiger partial charge in [-0.05, 0) is 37.8 Å². The molecule has 1 amide bonds. The van der Waals surface area contributed by atoms with Gasteiger partial charge in [0.2, 0.25) is 5.91 Å². The second-order valence-electron chi connectivity index (χ2n) is 6.61. The zero-order valence-corrected chi connectivity index (χ0v) is 14.9. The van der Waals surface area contributed by atoms with Gasteiger partial charge in [-0.2, -0.15) is 5.26 Å². The quantitative estimate of drug-likeness (QED) is 0.745. The van der Waals surface area contributed by atoms with Crippen LogP contribution in [0.25, 0.3) is 0 Å². The molecule has 0 aliphatic carbocycles. The van der Waals surface area contributed by atoms with Crippen molar-refractivity contribution in [2.45, 2.75) is 44.3 Å². The van der Waals surface area contributed by atoms with Crippen LogP contribution in [0.15, 0.2) is 30.3 Å². The van der Waals surface area contributed by atoms with E-state index in [2.05, 4.69) is 46.2 Å². The number of rotatable bonds is 6. The highest BCUT2D eigenvalue weighted by Gasteiger charge is 2.39. The molecule has 2 saturated heterocycles. The molecule has 5 heteroatoms. The van der Waals surface area contributed by atoms with Crippen LogP contribution in [0.5, 0.6) is 0 Å². The summed E-state index contributed by atoms with van der Waals surface area (Å²) in [6.45, 7) is 2.99. The third-order valence-electron chi connectivity index (χ3n) is 5.10. The maximum atomic E-state index is 12.5. The van der Waals surface area contributed by atoms with E-state index in [1.54, 1.807) is 0 Å². The number of nitriles is 1. The SMILES string of the molecule is N#CCSCC(=O)N1CCCC1C1CCCN1Cc1ccccc1. The largest absolute Gasteiger partial charge is 0.337 e. The summed E-state index contributed by atoms with van der Waals surface area (Å²) in [5.41, 5.74) is 1.35. The summed E-state index contributed by atoms with van der Waals surface area (Å²) in [5, 5.41) is 8.64. The first-order chi connectivity index (χ1) is 11.8. The molecule has 4 nitrogen and oxygen atoms in total. The number of carbonyl (C=O) groups is 1. The molecule has 0 spiro atoms. The van der Waals surface area contributed by atoms with Crippen LogP contribution in [0.1, 0.15) is 31.2 Å². The predicted molar refractivity (Wildman–Crippen MR) is 97.5 cm³/mol. The van der Waals surface area contributed by atoms with Crippen LogP contribution in [-0.2, 0) is 11.3 Å². The number of likely N-dealkylation sites (tertiary alicyclic amines) is 2. The standard InChI is InChI=1S/C19H25N3OS/c20-10-13-24-15-19(23)22-12-5-9-18(22)17-8-4-11-21(17)14-16-6-2-1-3-7-16/h1-3,6-7,17-18H,4-5,8-9,11-15H2. The number of nitrogens with zero attached hydrogens (tertiary/aromatic N) is 3. The van der Waals surface area contributed by atoms with Crippen molar-refractivity contribution in [1.82, 2.24) is 9.80 Å². The summed E-state index contributed by atoms with van der Waals surface area (Å²) in [7, 11) is 0. The third-order valence-corrected chi connectivity index (χ3v) is 5.88. The maximum absolute atomic E-state index is 12.5. The highest BCUT2D eigenvalue weighted by atomic mass is 32.2. The number of benzene rings is 1. The third kappa shape index (κ3) is 4.12. The molecule has 128 valence electrons. The van der Waals surface area contributed by atoms with Gasteiger partial charge in [0, 0.05) is 25.2 Å². The van der Waals surface area contributed by atoms with E-state index in [0.29, 0.717) is 23.6 Å². The highest BCUT2D eigenvalue weighted by molar-refractivity contribution is 8.00. The summed E-state index contributed by atoms with van der Waals surface area (Å²) in [4.78, 5) is 17.2. The van der Waals surface area contributed by atoms with Gasteiger partial charge in [-0.3, -0.25) is 9.69 Å². The minimum atomic E-state index is 0.212. The molecule has 0 bridgehead atoms. The molecule has 0 aromatic heterocycles. The van der Waals surface area contributed by atoms with Crippen LogP contribution in [-0.4, -0.2) is 52.4 Å². The molecule has 2 atom stereocenters. The van der Waals surface area contributed by atoms with Gasteiger partial charge in [-0.25, -0.2) is 0 Å². The zero-order chi connectivity index (χ0) is 16.8. The topological polar surface area (TPSA) is 47.3 Å². The smallest absolute Gasteiger partial charge is 0.232 e. The van der Waals surface area contributed by atoms with Gasteiger partial charge in [0.25, 0.3) is 0 Å². The molecule has 2 fully saturated rings. The Labute approximate surface area is 148 Å². The molecule has 1 aromatic carbocycles. The molecule has 1 aromatic rings. The Bertz CT molecular complexity index is 586. The number of hydrogen-bond acceptors (Lipinski definition) is 4. The van der Waals surface area contributed by atoms with Crippen molar-refractivity contribution in [3.05, 3.63) is 35.9 Å². The van der Waals surface area contributed by atoms with Crippen LogP contribution in [0.2, 0.25) is 0 Å². The molecular formula is C19H25N3OS. The molecule has 0 saturated carbocycles. The van der Waals surface area contributed by atoms with Crippen molar-refractivity contribution in [3.63, 3.8) is 0 Å². The van der Waals surface area contributed by atoms with Crippen molar-refractivity contribution in [3.8, 4) is 6.07 Å². The lowest BCUT2D eigenvalue weighted by Gasteiger charge is -2.35. The summed E-state index contributed by atoms with van der Waals surface area (Å²) in [6.07, 6.45) is 4.63. The number of carbonyl (C=O) groups excluding carboxylic acids is 1. The van der Waals surface area contributed by atoms with Crippen LogP contribution >= 0.6 is 11.8 Å². The summed E-state index contributed by atoms with van der Waals surface area (Å²) in [6, 6.07) is 13.6. The van der Waals surface area contributed by atoms with Crippen molar-refractivity contribution in [2.24, 2.45) is 0 Å². The summed E-state index contributed by atoms with van der Waals surface area (Å²) >= 11 is 1.43. The summed E-state index contributed by atoms with van der Waals surface area (Å²) in [5.74, 6) is 1.05. The predicted octanol–water partition coefficient (Wildman–Crippen LogP) is 2.90. The lowest BCUT2D eigenvalue weighted by molar-refractivity contribution is -0.130. The van der Waals surface area contributed by atoms with Gasteiger partial charge in [0.05, 0.1) is 17.6 Å². The van der Waals surface area contributed by atoms with E-state index >= 15 is 0 Å². The van der Waals surface area contributed by atoms with E-state index in [1.165, 1.54) is 30.2 Å². The summed E-state index contributed by atoms with van der Waals surface area (Å²) < 4.78 is 0. The fourth-order valence-corrected chi connectivity index (χ4v) is 4.60. The Balaban J connectivity index is 1.62. The Kier molecular flexibility index (Phi) is 6.17. The molecule has 2 aliphatic heterocycles. The number of thioether (sulfide) groups is 1. The van der Waals surface area contributed by atoms with Crippen LogP contribution in [0, 0.1) is 11.3 Å². The van der Waals surface area contributed by atoms with Gasteiger partial charge in [0.1, 0.15) is 0 Å². The second-order valence-corrected chi connectivity index (χ2v) is 7.60. The molecule has 2 heterocycles. The van der Waals surface area contributed by atoms with Gasteiger partial charge in [-0.1, -0.05) is 30.3 Å². The Hall–Kier alpha value is -1.51. The average molecular weight is 343 g/mol. The highest BCUT2D eigenvalue weighted by Crippen LogP contribution is 2.31. The fraction of sp³-hybridized carbons (Fsp3) is 0.579. The van der Waals surface area contributed by atoms with Crippen molar-refractivity contribution < 1.29 is 4.79 Å². The van der Waals surface area contributed by atoms with Crippen molar-refractivity contribution in [2.75, 3.05) is 24.6 Å². The lowest BCUT2D eigenvalue weighted by Crippen LogP contribution is -2.48. The van der Waals surface area contributed by atoms with Crippen LogP contribution < -0.4 is 0 Å². The first-order valence-electron chi connectivity index (χ1n) is 8.81. The van der Waals surface area contributed by atoms with Gasteiger partial charge in [-0.15, -0.1) is 11.8 Å². The molecular weight excluding hydrogens is 318 g/mol. The van der Waals surface area contributed by atoms with Crippen molar-refractivity contribution >= 4 is 17.7 Å². The minimum absolute atomic E-state index is 0.212. The van der Waals surface area contributed by atoms with Crippen molar-refractivity contribution in [1.29, 1.82) is 5.26 Å². The maximum Gasteiger partial charge on any atom is 0.232 e. The zero-order valence-electron chi connectivity index (χ0n) is 14.1. The Morgan fingerprint density at radius 3 is 2.71 bits per heavy atom. The first kappa shape index (κ1) is 17.3. The van der Waals surface area contributed by atoms with Gasteiger partial charge >= 0.3 is 0 Å². The molecule has 2 aliphatic rings. The van der Waals surface area contributed by atoms with E-state index in [9.17, 15) is 4.79 Å². The molecule has 24 heavy (non-hydrogen) atoms. The Morgan fingerprint density at radius 1 is 1.17 bits per heavy atom. The molecule has 0 radical (unpaired) electrons. The average Bonchev–Trinajstić information content (AvgIpc) is 3.24. The Morgan fingerprint density at radius 2 is 1.92 bits per heavy atom. The molecule has 2 unspecified atom stereocenters.